The van der Waals surface area contributed by atoms with Gasteiger partial charge in [0.05, 0.1) is 26.7 Å². The van der Waals surface area contributed by atoms with E-state index >= 15 is 0 Å². The molecule has 0 aromatic rings. The molecule has 12 heteroatoms. The van der Waals surface area contributed by atoms with E-state index in [4.69, 9.17) is 5.11 Å². The molecule has 0 aromatic carbocycles. The van der Waals surface area contributed by atoms with E-state index in [1.165, 1.54) is 7.11 Å². The van der Waals surface area contributed by atoms with Gasteiger partial charge in [0, 0.05) is 12.8 Å². The summed E-state index contributed by atoms with van der Waals surface area (Å²) in [6, 6.07) is 0. The van der Waals surface area contributed by atoms with Crippen molar-refractivity contribution in [2.24, 2.45) is 0 Å². The molecule has 12 nitrogen and oxygen atoms in total. The molecule has 0 rings (SSSR count). The molecule has 0 aliphatic rings. The monoisotopic (exact) mass is 500 g/mol. The van der Waals surface area contributed by atoms with Crippen LogP contribution in [0.2, 0.25) is 0 Å². The number of methoxy groups -OCH3 is 1. The van der Waals surface area contributed by atoms with E-state index in [1.807, 2.05) is 0 Å². The molecule has 0 aliphatic carbocycles. The Morgan fingerprint density at radius 2 is 0.857 bits per heavy atom. The number of unbranched alkanes of at least 4 members (excludes halogenated alkanes) is 9. The van der Waals surface area contributed by atoms with Crippen molar-refractivity contribution in [1.82, 2.24) is 21.3 Å². The molecule has 200 valence electrons. The van der Waals surface area contributed by atoms with Gasteiger partial charge in [-0.2, -0.15) is 0 Å². The molecular weight excluding hydrogens is 460 g/mol. The van der Waals surface area contributed by atoms with E-state index < -0.39 is 29.7 Å². The van der Waals surface area contributed by atoms with Gasteiger partial charge in [-0.25, -0.2) is 0 Å². The van der Waals surface area contributed by atoms with Crippen LogP contribution in [-0.4, -0.2) is 74.0 Å². The summed E-state index contributed by atoms with van der Waals surface area (Å²) >= 11 is 0. The zero-order valence-corrected chi connectivity index (χ0v) is 20.6. The van der Waals surface area contributed by atoms with Crippen LogP contribution in [0.1, 0.15) is 77.0 Å². The Labute approximate surface area is 206 Å². The lowest BCUT2D eigenvalue weighted by molar-refractivity contribution is -0.141. The van der Waals surface area contributed by atoms with E-state index in [2.05, 4.69) is 26.0 Å². The minimum atomic E-state index is -0.735. The highest BCUT2D eigenvalue weighted by Crippen LogP contribution is 2.12. The highest BCUT2D eigenvalue weighted by atomic mass is 16.5. The topological polar surface area (TPSA) is 180 Å². The third-order valence-electron chi connectivity index (χ3n) is 5.04. The number of nitrogens with one attached hydrogen (secondary N) is 4. The second kappa shape index (κ2) is 21.4. The number of carboxylic acids is 1. The lowest BCUT2D eigenvalue weighted by atomic mass is 10.1. The van der Waals surface area contributed by atoms with Gasteiger partial charge in [-0.15, -0.1) is 0 Å². The maximum absolute atomic E-state index is 11.8. The number of amides is 4. The van der Waals surface area contributed by atoms with Crippen LogP contribution in [0, 0.1) is 0 Å². The van der Waals surface area contributed by atoms with Gasteiger partial charge in [0.25, 0.3) is 0 Å². The van der Waals surface area contributed by atoms with Crippen molar-refractivity contribution in [1.29, 1.82) is 0 Å². The fourth-order valence-corrected chi connectivity index (χ4v) is 3.03. The lowest BCUT2D eigenvalue weighted by Crippen LogP contribution is -2.44. The van der Waals surface area contributed by atoms with Crippen molar-refractivity contribution in [3.8, 4) is 0 Å². The molecule has 0 bridgehead atoms. The normalized spacial score (nSPS) is 10.2. The quantitative estimate of drug-likeness (QED) is 0.111. The van der Waals surface area contributed by atoms with Crippen LogP contribution < -0.4 is 21.3 Å². The van der Waals surface area contributed by atoms with Crippen molar-refractivity contribution >= 4 is 35.6 Å². The zero-order valence-electron chi connectivity index (χ0n) is 20.6. The summed E-state index contributed by atoms with van der Waals surface area (Å²) in [5, 5.41) is 18.0. The number of esters is 1. The third kappa shape index (κ3) is 22.4. The molecule has 0 atom stereocenters. The van der Waals surface area contributed by atoms with Crippen LogP contribution in [-0.2, 0) is 33.5 Å². The molecule has 0 aliphatic heterocycles. The summed E-state index contributed by atoms with van der Waals surface area (Å²) < 4.78 is 4.36. The van der Waals surface area contributed by atoms with Gasteiger partial charge >= 0.3 is 11.9 Å². The van der Waals surface area contributed by atoms with Crippen molar-refractivity contribution in [3.63, 3.8) is 0 Å². The van der Waals surface area contributed by atoms with Gasteiger partial charge < -0.3 is 31.1 Å². The molecule has 0 saturated carbocycles. The summed E-state index contributed by atoms with van der Waals surface area (Å²) in [6.07, 6.45) is 10.6. The number of hydrogen-bond acceptors (Lipinski definition) is 7. The first-order valence-electron chi connectivity index (χ1n) is 12.1. The number of hydrogen-bond donors (Lipinski definition) is 5. The maximum Gasteiger partial charge on any atom is 0.325 e. The highest BCUT2D eigenvalue weighted by molar-refractivity contribution is 5.90. The average molecular weight is 501 g/mol. The molecule has 4 amide bonds. The molecule has 35 heavy (non-hydrogen) atoms. The fraction of sp³-hybridized carbons (Fsp3) is 0.739. The SMILES string of the molecule is COC(=O)CNC(=O)CNC(=O)CNC(=O)CNC(=O)CCCCCCCCCCCCC(=O)O. The first kappa shape index (κ1) is 31.8. The van der Waals surface area contributed by atoms with E-state index in [0.29, 0.717) is 6.42 Å². The minimum Gasteiger partial charge on any atom is -0.481 e. The van der Waals surface area contributed by atoms with E-state index in [1.54, 1.807) is 0 Å². The summed E-state index contributed by atoms with van der Waals surface area (Å²) in [5.41, 5.74) is 0. The molecule has 0 fully saturated rings. The fourth-order valence-electron chi connectivity index (χ4n) is 3.03. The second-order valence-electron chi connectivity index (χ2n) is 8.11. The van der Waals surface area contributed by atoms with Gasteiger partial charge in [-0.05, 0) is 12.8 Å². The Hall–Kier alpha value is -3.18. The number of carbonyl (C=O) groups is 6. The highest BCUT2D eigenvalue weighted by Gasteiger charge is 2.10. The summed E-state index contributed by atoms with van der Waals surface area (Å²) in [7, 11) is 1.18. The minimum absolute atomic E-state index is 0.228. The van der Waals surface area contributed by atoms with Crippen LogP contribution in [0.4, 0.5) is 0 Å². The third-order valence-corrected chi connectivity index (χ3v) is 5.04. The van der Waals surface area contributed by atoms with Gasteiger partial charge in [0.15, 0.2) is 0 Å². The first-order chi connectivity index (χ1) is 16.7. The van der Waals surface area contributed by atoms with Crippen LogP contribution >= 0.6 is 0 Å². The van der Waals surface area contributed by atoms with Gasteiger partial charge in [0.1, 0.15) is 6.54 Å². The average Bonchev–Trinajstić information content (AvgIpc) is 2.83. The Bertz CT molecular complexity index is 684. The Morgan fingerprint density at radius 1 is 0.514 bits per heavy atom. The van der Waals surface area contributed by atoms with Crippen molar-refractivity contribution < 1.29 is 38.6 Å². The molecule has 0 aromatic heterocycles. The largest absolute Gasteiger partial charge is 0.481 e. The standard InChI is InChI=1S/C23H40N4O8/c1-35-23(34)17-27-21(31)16-26-20(30)15-25-19(29)14-24-18(28)12-10-8-6-4-2-3-5-7-9-11-13-22(32)33/h2-17H2,1H3,(H,24,28)(H,25,29)(H,26,30)(H,27,31)(H,32,33). The van der Waals surface area contributed by atoms with Crippen molar-refractivity contribution in [2.45, 2.75) is 77.0 Å². The zero-order chi connectivity index (χ0) is 26.3. The smallest absolute Gasteiger partial charge is 0.325 e. The summed E-state index contributed by atoms with van der Waals surface area (Å²) in [5.74, 6) is -3.27. The predicted molar refractivity (Wildman–Crippen MR) is 127 cm³/mol. The predicted octanol–water partition coefficient (Wildman–Crippen LogP) is 0.390. The molecule has 0 radical (unpaired) electrons. The Kier molecular flexibility index (Phi) is 19.4. The van der Waals surface area contributed by atoms with E-state index in [9.17, 15) is 28.8 Å². The van der Waals surface area contributed by atoms with Gasteiger partial charge in [-0.1, -0.05) is 51.4 Å². The molecule has 0 saturated heterocycles. The number of carbonyl (C=O) groups excluding carboxylic acids is 5. The molecule has 0 heterocycles. The molecule has 0 spiro atoms. The van der Waals surface area contributed by atoms with E-state index in [-0.39, 0.29) is 38.5 Å². The second-order valence-corrected chi connectivity index (χ2v) is 8.11. The number of rotatable bonds is 21. The van der Waals surface area contributed by atoms with Gasteiger partial charge in [-0.3, -0.25) is 28.8 Å². The lowest BCUT2D eigenvalue weighted by Gasteiger charge is -2.08. The molecule has 5 N–H and O–H groups in total. The van der Waals surface area contributed by atoms with E-state index in [0.717, 1.165) is 64.2 Å². The van der Waals surface area contributed by atoms with Crippen LogP contribution in [0.25, 0.3) is 0 Å². The van der Waals surface area contributed by atoms with Crippen LogP contribution in [0.3, 0.4) is 0 Å². The van der Waals surface area contributed by atoms with Crippen molar-refractivity contribution in [3.05, 3.63) is 0 Å². The number of ether oxygens (including phenoxy) is 1. The summed E-state index contributed by atoms with van der Waals surface area (Å²) in [6.45, 7) is -1.24. The first-order valence-corrected chi connectivity index (χ1v) is 12.1. The summed E-state index contributed by atoms with van der Waals surface area (Å²) in [4.78, 5) is 67.9. The van der Waals surface area contributed by atoms with Crippen molar-refractivity contribution in [2.75, 3.05) is 33.3 Å². The number of aliphatic carboxylic acids is 1. The van der Waals surface area contributed by atoms with Crippen LogP contribution in [0.15, 0.2) is 0 Å². The number of carboxylic acid groups (broad SMARTS) is 1. The maximum atomic E-state index is 11.8. The van der Waals surface area contributed by atoms with Gasteiger partial charge in [0.2, 0.25) is 23.6 Å². The van der Waals surface area contributed by atoms with Crippen LogP contribution in [0.5, 0.6) is 0 Å². The molecule has 0 unspecified atom stereocenters. The molecular formula is C23H40N4O8. The Morgan fingerprint density at radius 3 is 1.26 bits per heavy atom. The Balaban J connectivity index is 3.57.